The van der Waals surface area contributed by atoms with Crippen LogP contribution in [0.3, 0.4) is 0 Å². The Labute approximate surface area is 56.6 Å². The molecular weight excluding hydrogens is 151 g/mol. The second-order valence-electron chi connectivity index (χ2n) is 0.786. The van der Waals surface area contributed by atoms with Crippen LogP contribution in [0.4, 0.5) is 0 Å². The standard InChI is InChI=1S/C5H5S.Ni/c1-2-3-4-5-6;/h1-4,6H;/q-1;/b3-2-;. The Morgan fingerprint density at radius 3 is 2.57 bits per heavy atom. The molecule has 0 radical (unpaired) electrons. The van der Waals surface area contributed by atoms with Crippen molar-refractivity contribution in [1.29, 1.82) is 0 Å². The van der Waals surface area contributed by atoms with Crippen molar-refractivity contribution in [3.63, 3.8) is 0 Å². The number of rotatable bonds is 2. The van der Waals surface area contributed by atoms with Gasteiger partial charge in [-0.15, -0.1) is 0 Å². The van der Waals surface area contributed by atoms with Gasteiger partial charge >= 0.3 is 56.3 Å². The molecule has 0 nitrogen and oxygen atoms in total. The van der Waals surface area contributed by atoms with Gasteiger partial charge in [0.15, 0.2) is 0 Å². The van der Waals surface area contributed by atoms with E-state index in [2.05, 4.69) is 33.1 Å². The van der Waals surface area contributed by atoms with E-state index in [4.69, 9.17) is 0 Å². The minimum absolute atomic E-state index is 1.57. The SMILES string of the molecule is S[C-]=C/C=C\[CH]=[Ni]. The zero-order valence-electron chi connectivity index (χ0n) is 3.57. The number of thiol groups is 1. The molecule has 0 saturated carbocycles. The van der Waals surface area contributed by atoms with E-state index in [9.17, 15) is 0 Å². The maximum absolute atomic E-state index is 4.23. The van der Waals surface area contributed by atoms with Gasteiger partial charge in [-0.2, -0.15) is 0 Å². The van der Waals surface area contributed by atoms with E-state index in [-0.39, 0.29) is 0 Å². The fourth-order valence-corrected chi connectivity index (χ4v) is 0.330. The van der Waals surface area contributed by atoms with Gasteiger partial charge in [-0.1, -0.05) is 0 Å². The molecule has 0 fully saturated rings. The van der Waals surface area contributed by atoms with Crippen LogP contribution < -0.4 is 0 Å². The van der Waals surface area contributed by atoms with Crippen molar-refractivity contribution in [1.82, 2.24) is 0 Å². The molecule has 0 heterocycles. The van der Waals surface area contributed by atoms with E-state index in [0.717, 1.165) is 0 Å². The van der Waals surface area contributed by atoms with Gasteiger partial charge in [0.1, 0.15) is 0 Å². The molecular formula is C5H5NiS-. The van der Waals surface area contributed by atoms with E-state index in [1.807, 2.05) is 0 Å². The van der Waals surface area contributed by atoms with Crippen LogP contribution in [0.5, 0.6) is 0 Å². The third kappa shape index (κ3) is 6.19. The van der Waals surface area contributed by atoms with Crippen molar-refractivity contribution in [2.45, 2.75) is 0 Å². The molecule has 42 valence electrons. The summed E-state index contributed by atoms with van der Waals surface area (Å²) in [4.78, 5) is 1.57. The summed E-state index contributed by atoms with van der Waals surface area (Å²) in [6, 6.07) is 0. The molecule has 0 aliphatic rings. The summed E-state index contributed by atoms with van der Waals surface area (Å²) in [6.45, 7) is 0. The van der Waals surface area contributed by atoms with Gasteiger partial charge < -0.3 is 0 Å². The molecule has 0 aliphatic heterocycles. The molecule has 0 amide bonds. The molecule has 0 aromatic rings. The van der Waals surface area contributed by atoms with Crippen LogP contribution in [0.1, 0.15) is 0 Å². The van der Waals surface area contributed by atoms with Gasteiger partial charge in [0.25, 0.3) is 0 Å². The van der Waals surface area contributed by atoms with Crippen LogP contribution in [0.25, 0.3) is 0 Å². The van der Waals surface area contributed by atoms with E-state index >= 15 is 0 Å². The predicted molar refractivity (Wildman–Crippen MR) is 32.0 cm³/mol. The van der Waals surface area contributed by atoms with Crippen LogP contribution in [-0.4, -0.2) is 4.99 Å². The van der Waals surface area contributed by atoms with E-state index < -0.39 is 0 Å². The molecule has 0 aliphatic carbocycles. The third-order valence-electron chi connectivity index (χ3n) is 0.343. The van der Waals surface area contributed by atoms with Crippen LogP contribution in [0.15, 0.2) is 18.2 Å². The van der Waals surface area contributed by atoms with Crippen molar-refractivity contribution in [2.75, 3.05) is 0 Å². The Kier molecular flexibility index (Phi) is 6.36. The Morgan fingerprint density at radius 2 is 2.14 bits per heavy atom. The first kappa shape index (κ1) is 7.19. The number of allylic oxidation sites excluding steroid dienone is 3. The number of hydrogen-bond donors (Lipinski definition) is 1. The molecule has 0 spiro atoms. The second-order valence-corrected chi connectivity index (χ2v) is 1.37. The average Bonchev–Trinajstić information content (AvgIpc) is 1.69. The summed E-state index contributed by atoms with van der Waals surface area (Å²) in [5.41, 5.74) is 0. The molecule has 0 aromatic carbocycles. The molecule has 0 bridgehead atoms. The van der Waals surface area contributed by atoms with Gasteiger partial charge in [0.2, 0.25) is 0 Å². The van der Waals surface area contributed by atoms with Gasteiger partial charge in [-0.05, 0) is 0 Å². The van der Waals surface area contributed by atoms with Crippen LogP contribution in [0, 0.1) is 5.41 Å². The van der Waals surface area contributed by atoms with Crippen molar-refractivity contribution in [2.24, 2.45) is 0 Å². The molecule has 0 aromatic heterocycles. The fourth-order valence-electron chi connectivity index (χ4n) is 0.134. The zero-order chi connectivity index (χ0) is 5.54. The van der Waals surface area contributed by atoms with Crippen LogP contribution in [-0.2, 0) is 15.0 Å². The predicted octanol–water partition coefficient (Wildman–Crippen LogP) is 1.14. The first-order valence-corrected chi connectivity index (χ1v) is 2.71. The van der Waals surface area contributed by atoms with E-state index in [1.54, 1.807) is 23.2 Å². The Morgan fingerprint density at radius 1 is 1.43 bits per heavy atom. The average molecular weight is 156 g/mol. The van der Waals surface area contributed by atoms with E-state index in [0.29, 0.717) is 0 Å². The van der Waals surface area contributed by atoms with Crippen molar-refractivity contribution >= 4 is 17.6 Å². The quantitative estimate of drug-likeness (QED) is 0.263. The third-order valence-corrected chi connectivity index (χ3v) is 0.682. The van der Waals surface area contributed by atoms with Gasteiger partial charge in [-0.25, -0.2) is 0 Å². The summed E-state index contributed by atoms with van der Waals surface area (Å²) in [5.74, 6) is 0. The summed E-state index contributed by atoms with van der Waals surface area (Å²) in [5, 5.41) is 2.52. The van der Waals surface area contributed by atoms with Crippen LogP contribution >= 0.6 is 12.6 Å². The molecule has 7 heavy (non-hydrogen) atoms. The first-order valence-electron chi connectivity index (χ1n) is 1.69. The summed E-state index contributed by atoms with van der Waals surface area (Å²) in [7, 11) is 0. The molecule has 0 rings (SSSR count). The van der Waals surface area contributed by atoms with Crippen molar-refractivity contribution in [3.8, 4) is 0 Å². The Bertz CT molecular complexity index is 94.3. The number of hydrogen-bond acceptors (Lipinski definition) is 1. The van der Waals surface area contributed by atoms with Crippen molar-refractivity contribution < 1.29 is 15.0 Å². The minimum atomic E-state index is 1.57. The van der Waals surface area contributed by atoms with E-state index in [1.165, 1.54) is 0 Å². The molecule has 0 saturated heterocycles. The van der Waals surface area contributed by atoms with Gasteiger partial charge in [0, 0.05) is 0 Å². The molecule has 0 atom stereocenters. The first-order chi connectivity index (χ1) is 3.41. The summed E-state index contributed by atoms with van der Waals surface area (Å²) >= 11 is 7.92. The molecule has 0 N–H and O–H groups in total. The normalized spacial score (nSPS) is 11.3. The molecule has 2 heteroatoms. The van der Waals surface area contributed by atoms with Gasteiger partial charge in [0.05, 0.1) is 0 Å². The molecule has 0 unspecified atom stereocenters. The monoisotopic (exact) mass is 155 g/mol. The summed E-state index contributed by atoms with van der Waals surface area (Å²) < 4.78 is 0. The van der Waals surface area contributed by atoms with Gasteiger partial charge in [-0.3, -0.25) is 0 Å². The van der Waals surface area contributed by atoms with Crippen molar-refractivity contribution in [3.05, 3.63) is 23.6 Å². The second kappa shape index (κ2) is 6.19. The summed E-state index contributed by atoms with van der Waals surface area (Å²) in [6.07, 6.45) is 5.21. The maximum atomic E-state index is 4.23. The fraction of sp³-hybridized carbons (Fsp3) is 0. The topological polar surface area (TPSA) is 0 Å². The van der Waals surface area contributed by atoms with Crippen LogP contribution in [0.2, 0.25) is 0 Å². The Hall–Kier alpha value is 0.194. The Balaban J connectivity index is 3.27. The zero-order valence-corrected chi connectivity index (χ0v) is 5.45.